The van der Waals surface area contributed by atoms with E-state index in [4.69, 9.17) is 0 Å². The van der Waals surface area contributed by atoms with E-state index in [0.717, 1.165) is 23.4 Å². The molecular weight excluding hydrogens is 286 g/mol. The molecule has 4 nitrogen and oxygen atoms in total. The number of hydrogen-bond acceptors (Lipinski definition) is 3. The molecule has 0 aliphatic heterocycles. The van der Waals surface area contributed by atoms with Crippen molar-refractivity contribution in [1.29, 1.82) is 0 Å². The summed E-state index contributed by atoms with van der Waals surface area (Å²) < 4.78 is 2.11. The van der Waals surface area contributed by atoms with Gasteiger partial charge in [0.05, 0.1) is 18.0 Å². The number of benzene rings is 1. The standard InChI is InChI=1S/C19H23N3O/c1-14-7-6-10-22-17(13-21-19(14)22)12-20-15(2)11-18(23)16-8-4-3-5-9-16/h3-10,13,15,18,20,23H,11-12H2,1-2H3/t15-,18+/m0/s1. The van der Waals surface area contributed by atoms with E-state index < -0.39 is 6.10 Å². The van der Waals surface area contributed by atoms with Crippen molar-refractivity contribution < 1.29 is 5.11 Å². The monoisotopic (exact) mass is 309 g/mol. The van der Waals surface area contributed by atoms with Crippen LogP contribution in [0.5, 0.6) is 0 Å². The first-order valence-corrected chi connectivity index (χ1v) is 8.03. The number of nitrogens with one attached hydrogen (secondary N) is 1. The van der Waals surface area contributed by atoms with E-state index in [1.807, 2.05) is 48.8 Å². The maximum atomic E-state index is 10.3. The van der Waals surface area contributed by atoms with Gasteiger partial charge in [-0.2, -0.15) is 0 Å². The molecular formula is C19H23N3O. The molecule has 0 saturated carbocycles. The van der Waals surface area contributed by atoms with Gasteiger partial charge in [-0.25, -0.2) is 4.98 Å². The second-order valence-electron chi connectivity index (χ2n) is 6.08. The zero-order valence-electron chi connectivity index (χ0n) is 13.6. The average molecular weight is 309 g/mol. The highest BCUT2D eigenvalue weighted by atomic mass is 16.3. The minimum absolute atomic E-state index is 0.209. The molecule has 0 saturated heterocycles. The van der Waals surface area contributed by atoms with Crippen molar-refractivity contribution in [2.75, 3.05) is 0 Å². The summed E-state index contributed by atoms with van der Waals surface area (Å²) in [5.41, 5.74) is 4.27. The average Bonchev–Trinajstić information content (AvgIpc) is 2.98. The second kappa shape index (κ2) is 6.94. The van der Waals surface area contributed by atoms with E-state index in [1.54, 1.807) is 0 Å². The van der Waals surface area contributed by atoms with Gasteiger partial charge in [-0.1, -0.05) is 36.4 Å². The lowest BCUT2D eigenvalue weighted by atomic mass is 10.0. The van der Waals surface area contributed by atoms with Crippen molar-refractivity contribution >= 4 is 5.65 Å². The number of aliphatic hydroxyl groups is 1. The Bertz CT molecular complexity index is 767. The second-order valence-corrected chi connectivity index (χ2v) is 6.08. The molecule has 0 fully saturated rings. The molecule has 120 valence electrons. The number of aromatic nitrogens is 2. The largest absolute Gasteiger partial charge is 0.388 e. The number of aryl methyl sites for hydroxylation is 1. The summed E-state index contributed by atoms with van der Waals surface area (Å²) in [5, 5.41) is 13.8. The molecule has 2 atom stereocenters. The maximum Gasteiger partial charge on any atom is 0.139 e. The fraction of sp³-hybridized carbons (Fsp3) is 0.316. The Hall–Kier alpha value is -2.17. The summed E-state index contributed by atoms with van der Waals surface area (Å²) in [6.07, 6.45) is 4.19. The Morgan fingerprint density at radius 3 is 2.74 bits per heavy atom. The van der Waals surface area contributed by atoms with Crippen molar-refractivity contribution in [2.45, 2.75) is 39.0 Å². The first-order valence-electron chi connectivity index (χ1n) is 8.03. The van der Waals surface area contributed by atoms with Crippen LogP contribution in [0.4, 0.5) is 0 Å². The van der Waals surface area contributed by atoms with Crippen LogP contribution in [0.1, 0.15) is 36.3 Å². The van der Waals surface area contributed by atoms with Crippen molar-refractivity contribution in [1.82, 2.24) is 14.7 Å². The van der Waals surface area contributed by atoms with Crippen molar-refractivity contribution in [3.05, 3.63) is 71.7 Å². The van der Waals surface area contributed by atoms with Crippen molar-refractivity contribution in [3.63, 3.8) is 0 Å². The van der Waals surface area contributed by atoms with E-state index in [1.165, 1.54) is 5.56 Å². The highest BCUT2D eigenvalue weighted by molar-refractivity contribution is 5.48. The van der Waals surface area contributed by atoms with Crippen LogP contribution in [0.25, 0.3) is 5.65 Å². The van der Waals surface area contributed by atoms with Crippen LogP contribution < -0.4 is 5.32 Å². The fourth-order valence-electron chi connectivity index (χ4n) is 2.84. The van der Waals surface area contributed by atoms with Crippen LogP contribution in [0, 0.1) is 6.92 Å². The minimum atomic E-state index is -0.442. The van der Waals surface area contributed by atoms with Gasteiger partial charge in [0.2, 0.25) is 0 Å². The first-order chi connectivity index (χ1) is 11.1. The van der Waals surface area contributed by atoms with E-state index in [-0.39, 0.29) is 6.04 Å². The number of aliphatic hydroxyl groups excluding tert-OH is 1. The van der Waals surface area contributed by atoms with Crippen molar-refractivity contribution in [2.24, 2.45) is 0 Å². The molecule has 0 unspecified atom stereocenters. The van der Waals surface area contributed by atoms with Crippen LogP contribution in [0.15, 0.2) is 54.9 Å². The van der Waals surface area contributed by atoms with Gasteiger partial charge in [-0.05, 0) is 37.5 Å². The fourth-order valence-corrected chi connectivity index (χ4v) is 2.84. The van der Waals surface area contributed by atoms with Gasteiger partial charge < -0.3 is 14.8 Å². The van der Waals surface area contributed by atoms with Gasteiger partial charge in [-0.15, -0.1) is 0 Å². The Morgan fingerprint density at radius 2 is 1.96 bits per heavy atom. The number of rotatable bonds is 6. The SMILES string of the molecule is Cc1cccn2c(CN[C@@H](C)C[C@@H](O)c3ccccc3)cnc12. The third-order valence-corrected chi connectivity index (χ3v) is 4.20. The maximum absolute atomic E-state index is 10.3. The predicted molar refractivity (Wildman–Crippen MR) is 92.2 cm³/mol. The third-order valence-electron chi connectivity index (χ3n) is 4.20. The summed E-state index contributed by atoms with van der Waals surface area (Å²) in [7, 11) is 0. The molecule has 0 bridgehead atoms. The number of pyridine rings is 1. The van der Waals surface area contributed by atoms with Crippen LogP contribution in [0.3, 0.4) is 0 Å². The number of fused-ring (bicyclic) bond motifs is 1. The summed E-state index contributed by atoms with van der Waals surface area (Å²) in [6.45, 7) is 4.90. The van der Waals surface area contributed by atoms with Crippen LogP contribution in [0.2, 0.25) is 0 Å². The lowest BCUT2D eigenvalue weighted by molar-refractivity contribution is 0.153. The van der Waals surface area contributed by atoms with Crippen LogP contribution >= 0.6 is 0 Å². The Balaban J connectivity index is 1.60. The lowest BCUT2D eigenvalue weighted by Gasteiger charge is -2.18. The molecule has 23 heavy (non-hydrogen) atoms. The number of hydrogen-bond donors (Lipinski definition) is 2. The third kappa shape index (κ3) is 3.60. The highest BCUT2D eigenvalue weighted by Crippen LogP contribution is 2.18. The van der Waals surface area contributed by atoms with E-state index >= 15 is 0 Å². The Kier molecular flexibility index (Phi) is 4.74. The number of nitrogens with zero attached hydrogens (tertiary/aromatic N) is 2. The minimum Gasteiger partial charge on any atom is -0.388 e. The zero-order chi connectivity index (χ0) is 16.2. The van der Waals surface area contributed by atoms with Crippen LogP contribution in [-0.2, 0) is 6.54 Å². The molecule has 4 heteroatoms. The quantitative estimate of drug-likeness (QED) is 0.735. The molecule has 3 aromatic rings. The molecule has 0 spiro atoms. The summed E-state index contributed by atoms with van der Waals surface area (Å²) in [5.74, 6) is 0. The molecule has 0 radical (unpaired) electrons. The summed E-state index contributed by atoms with van der Waals surface area (Å²) >= 11 is 0. The van der Waals surface area contributed by atoms with Gasteiger partial charge in [0.1, 0.15) is 5.65 Å². The van der Waals surface area contributed by atoms with Crippen LogP contribution in [-0.4, -0.2) is 20.5 Å². The van der Waals surface area contributed by atoms with E-state index in [0.29, 0.717) is 6.42 Å². The molecule has 0 aliphatic carbocycles. The van der Waals surface area contributed by atoms with Gasteiger partial charge in [0.25, 0.3) is 0 Å². The Morgan fingerprint density at radius 1 is 1.17 bits per heavy atom. The molecule has 2 N–H and O–H groups in total. The predicted octanol–water partition coefficient (Wildman–Crippen LogP) is 3.24. The normalized spacial score (nSPS) is 14.0. The van der Waals surface area contributed by atoms with Crippen molar-refractivity contribution in [3.8, 4) is 0 Å². The smallest absolute Gasteiger partial charge is 0.139 e. The lowest BCUT2D eigenvalue weighted by Crippen LogP contribution is -2.27. The highest BCUT2D eigenvalue weighted by Gasteiger charge is 2.13. The molecule has 3 rings (SSSR count). The number of imidazole rings is 1. The summed E-state index contributed by atoms with van der Waals surface area (Å²) in [6, 6.07) is 14.1. The molecule has 0 amide bonds. The molecule has 0 aliphatic rings. The summed E-state index contributed by atoms with van der Waals surface area (Å²) in [4.78, 5) is 4.48. The molecule has 2 aromatic heterocycles. The Labute approximate surface area is 136 Å². The molecule has 1 aromatic carbocycles. The first kappa shape index (κ1) is 15.7. The van der Waals surface area contributed by atoms with E-state index in [9.17, 15) is 5.11 Å². The van der Waals surface area contributed by atoms with Gasteiger partial charge >= 0.3 is 0 Å². The van der Waals surface area contributed by atoms with E-state index in [2.05, 4.69) is 34.6 Å². The zero-order valence-corrected chi connectivity index (χ0v) is 13.6. The van der Waals surface area contributed by atoms with Gasteiger partial charge in [0.15, 0.2) is 0 Å². The van der Waals surface area contributed by atoms with Gasteiger partial charge in [0, 0.05) is 18.8 Å². The van der Waals surface area contributed by atoms with Gasteiger partial charge in [-0.3, -0.25) is 0 Å². The topological polar surface area (TPSA) is 49.6 Å². The molecule has 2 heterocycles.